The molecule has 1 aliphatic rings. The normalized spacial score (nSPS) is 18.0. The van der Waals surface area contributed by atoms with Gasteiger partial charge in [-0.25, -0.2) is 9.97 Å². The smallest absolute Gasteiger partial charge is 0.162 e. The number of pyridine rings is 1. The van der Waals surface area contributed by atoms with Crippen molar-refractivity contribution >= 4 is 11.2 Å². The van der Waals surface area contributed by atoms with Gasteiger partial charge in [-0.1, -0.05) is 12.1 Å². The van der Waals surface area contributed by atoms with Crippen molar-refractivity contribution in [3.8, 4) is 17.1 Å². The second-order valence-corrected chi connectivity index (χ2v) is 5.35. The van der Waals surface area contributed by atoms with Gasteiger partial charge in [-0.15, -0.1) is 0 Å². The molecule has 1 atom stereocenters. The van der Waals surface area contributed by atoms with Crippen molar-refractivity contribution in [1.82, 2.24) is 14.5 Å². The minimum Gasteiger partial charge on any atom is -0.497 e. The first-order valence-corrected chi connectivity index (χ1v) is 7.46. The average Bonchev–Trinajstić information content (AvgIpc) is 3.21. The van der Waals surface area contributed by atoms with Crippen LogP contribution in [0.2, 0.25) is 0 Å². The molecule has 0 N–H and O–H groups in total. The summed E-state index contributed by atoms with van der Waals surface area (Å²) in [6, 6.07) is 11.8. The molecule has 0 aliphatic carbocycles. The molecule has 4 rings (SSSR count). The molecule has 5 nitrogen and oxygen atoms in total. The SMILES string of the molecule is COc1cccc(-c2nc3cccnc3n2C2CCCO2)c1. The molecular formula is C17H17N3O2. The fourth-order valence-corrected chi connectivity index (χ4v) is 2.93. The van der Waals surface area contributed by atoms with Gasteiger partial charge in [0.1, 0.15) is 23.3 Å². The van der Waals surface area contributed by atoms with Crippen molar-refractivity contribution in [3.63, 3.8) is 0 Å². The van der Waals surface area contributed by atoms with Gasteiger partial charge in [0.05, 0.1) is 7.11 Å². The lowest BCUT2D eigenvalue weighted by Gasteiger charge is -2.15. The molecule has 0 amide bonds. The Morgan fingerprint density at radius 2 is 2.23 bits per heavy atom. The molecule has 5 heteroatoms. The summed E-state index contributed by atoms with van der Waals surface area (Å²) in [5, 5.41) is 0. The van der Waals surface area contributed by atoms with Gasteiger partial charge in [-0.2, -0.15) is 0 Å². The Labute approximate surface area is 128 Å². The van der Waals surface area contributed by atoms with E-state index in [-0.39, 0.29) is 6.23 Å². The molecule has 0 saturated carbocycles. The van der Waals surface area contributed by atoms with Crippen LogP contribution in [0.25, 0.3) is 22.6 Å². The van der Waals surface area contributed by atoms with E-state index in [0.717, 1.165) is 47.7 Å². The number of fused-ring (bicyclic) bond motifs is 1. The van der Waals surface area contributed by atoms with E-state index < -0.39 is 0 Å². The van der Waals surface area contributed by atoms with Crippen molar-refractivity contribution < 1.29 is 9.47 Å². The van der Waals surface area contributed by atoms with Crippen molar-refractivity contribution in [3.05, 3.63) is 42.6 Å². The van der Waals surface area contributed by atoms with Gasteiger partial charge >= 0.3 is 0 Å². The topological polar surface area (TPSA) is 49.2 Å². The van der Waals surface area contributed by atoms with E-state index in [2.05, 4.69) is 9.55 Å². The number of ether oxygens (including phenoxy) is 2. The molecule has 3 aromatic rings. The van der Waals surface area contributed by atoms with E-state index in [1.54, 1.807) is 13.3 Å². The molecule has 0 spiro atoms. The van der Waals surface area contributed by atoms with Crippen molar-refractivity contribution in [2.24, 2.45) is 0 Å². The molecule has 1 aliphatic heterocycles. The maximum atomic E-state index is 5.88. The fraction of sp³-hybridized carbons (Fsp3) is 0.294. The summed E-state index contributed by atoms with van der Waals surface area (Å²) in [6.07, 6.45) is 3.85. The maximum absolute atomic E-state index is 5.88. The number of rotatable bonds is 3. The van der Waals surface area contributed by atoms with Crippen LogP contribution in [-0.2, 0) is 4.74 Å². The summed E-state index contributed by atoms with van der Waals surface area (Å²) in [7, 11) is 1.67. The predicted octanol–water partition coefficient (Wildman–Crippen LogP) is 3.42. The summed E-state index contributed by atoms with van der Waals surface area (Å²) in [5.74, 6) is 1.69. The molecule has 22 heavy (non-hydrogen) atoms. The highest BCUT2D eigenvalue weighted by Gasteiger charge is 2.24. The van der Waals surface area contributed by atoms with E-state index in [4.69, 9.17) is 14.5 Å². The molecule has 0 bridgehead atoms. The zero-order valence-electron chi connectivity index (χ0n) is 12.4. The van der Waals surface area contributed by atoms with Crippen LogP contribution >= 0.6 is 0 Å². The quantitative estimate of drug-likeness (QED) is 0.743. The zero-order valence-corrected chi connectivity index (χ0v) is 12.4. The van der Waals surface area contributed by atoms with Gasteiger partial charge < -0.3 is 9.47 Å². The van der Waals surface area contributed by atoms with Crippen molar-refractivity contribution in [1.29, 1.82) is 0 Å². The molecule has 1 aromatic carbocycles. The molecule has 112 valence electrons. The molecule has 0 radical (unpaired) electrons. The van der Waals surface area contributed by atoms with Crippen LogP contribution in [0.3, 0.4) is 0 Å². The standard InChI is InChI=1S/C17H17N3O2/c1-21-13-6-2-5-12(11-13)16-19-14-7-3-9-18-17(14)20(16)15-8-4-10-22-15/h2-3,5-7,9,11,15H,4,8,10H2,1H3. The summed E-state index contributed by atoms with van der Waals surface area (Å²) in [6.45, 7) is 0.786. The first-order valence-electron chi connectivity index (χ1n) is 7.46. The fourth-order valence-electron chi connectivity index (χ4n) is 2.93. The minimum atomic E-state index is 0.00102. The van der Waals surface area contributed by atoms with Crippen LogP contribution in [0, 0.1) is 0 Å². The minimum absolute atomic E-state index is 0.00102. The Morgan fingerprint density at radius 1 is 1.27 bits per heavy atom. The number of hydrogen-bond acceptors (Lipinski definition) is 4. The van der Waals surface area contributed by atoms with Gasteiger partial charge in [0.25, 0.3) is 0 Å². The second-order valence-electron chi connectivity index (χ2n) is 5.35. The lowest BCUT2D eigenvalue weighted by Crippen LogP contribution is -2.09. The summed E-state index contributed by atoms with van der Waals surface area (Å²) >= 11 is 0. The number of methoxy groups -OCH3 is 1. The van der Waals surface area contributed by atoms with Gasteiger partial charge in [0.2, 0.25) is 0 Å². The van der Waals surface area contributed by atoms with Crippen LogP contribution in [0.15, 0.2) is 42.6 Å². The highest BCUT2D eigenvalue weighted by atomic mass is 16.5. The third-order valence-corrected chi connectivity index (χ3v) is 3.97. The summed E-state index contributed by atoms with van der Waals surface area (Å²) in [4.78, 5) is 9.27. The van der Waals surface area contributed by atoms with Crippen molar-refractivity contribution in [2.75, 3.05) is 13.7 Å². The van der Waals surface area contributed by atoms with Gasteiger partial charge in [-0.3, -0.25) is 4.57 Å². The number of hydrogen-bond donors (Lipinski definition) is 0. The van der Waals surface area contributed by atoms with Gasteiger partial charge in [0, 0.05) is 18.4 Å². The molecule has 1 saturated heterocycles. The van der Waals surface area contributed by atoms with Gasteiger partial charge in [0.15, 0.2) is 5.65 Å². The number of benzene rings is 1. The maximum Gasteiger partial charge on any atom is 0.162 e. The van der Waals surface area contributed by atoms with Gasteiger partial charge in [-0.05, 0) is 37.1 Å². The Balaban J connectivity index is 1.93. The Morgan fingerprint density at radius 3 is 3.05 bits per heavy atom. The van der Waals surface area contributed by atoms with E-state index >= 15 is 0 Å². The lowest BCUT2D eigenvalue weighted by molar-refractivity contribution is 0.0606. The highest BCUT2D eigenvalue weighted by molar-refractivity contribution is 5.77. The lowest BCUT2D eigenvalue weighted by atomic mass is 10.2. The van der Waals surface area contributed by atoms with Crippen LogP contribution in [-0.4, -0.2) is 28.3 Å². The molecular weight excluding hydrogens is 278 g/mol. The number of nitrogens with zero attached hydrogens (tertiary/aromatic N) is 3. The van der Waals surface area contributed by atoms with Crippen molar-refractivity contribution in [2.45, 2.75) is 19.1 Å². The van der Waals surface area contributed by atoms with E-state index in [1.807, 2.05) is 36.4 Å². The summed E-state index contributed by atoms with van der Waals surface area (Å²) in [5.41, 5.74) is 2.76. The zero-order chi connectivity index (χ0) is 14.9. The summed E-state index contributed by atoms with van der Waals surface area (Å²) < 4.78 is 13.3. The van der Waals surface area contributed by atoms with E-state index in [0.29, 0.717) is 0 Å². The van der Waals surface area contributed by atoms with Crippen LogP contribution < -0.4 is 4.74 Å². The van der Waals surface area contributed by atoms with Crippen LogP contribution in [0.1, 0.15) is 19.1 Å². The number of aromatic nitrogens is 3. The average molecular weight is 295 g/mol. The molecule has 2 aromatic heterocycles. The van der Waals surface area contributed by atoms with E-state index in [9.17, 15) is 0 Å². The Bertz CT molecular complexity index is 807. The highest BCUT2D eigenvalue weighted by Crippen LogP contribution is 2.33. The Hall–Kier alpha value is -2.40. The molecule has 1 fully saturated rings. The monoisotopic (exact) mass is 295 g/mol. The third-order valence-electron chi connectivity index (χ3n) is 3.97. The van der Waals surface area contributed by atoms with Crippen LogP contribution in [0.4, 0.5) is 0 Å². The largest absolute Gasteiger partial charge is 0.497 e. The van der Waals surface area contributed by atoms with Crippen LogP contribution in [0.5, 0.6) is 5.75 Å². The molecule has 1 unspecified atom stereocenters. The number of imidazole rings is 1. The molecule has 3 heterocycles. The third kappa shape index (κ3) is 2.14. The second kappa shape index (κ2) is 5.42. The first-order chi connectivity index (χ1) is 10.9. The first kappa shape index (κ1) is 13.3. The van der Waals surface area contributed by atoms with E-state index in [1.165, 1.54) is 0 Å². The Kier molecular flexibility index (Phi) is 3.27. The predicted molar refractivity (Wildman–Crippen MR) is 83.7 cm³/mol.